The number of aromatic nitrogens is 2. The van der Waals surface area contributed by atoms with Crippen LogP contribution in [0.2, 0.25) is 0 Å². The lowest BCUT2D eigenvalue weighted by Crippen LogP contribution is -2.37. The average Bonchev–Trinajstić information content (AvgIpc) is 2.99. The monoisotopic (exact) mass is 278 g/mol. The zero-order valence-corrected chi connectivity index (χ0v) is 12.0. The van der Waals surface area contributed by atoms with E-state index in [0.29, 0.717) is 12.1 Å². The van der Waals surface area contributed by atoms with Crippen molar-refractivity contribution in [3.05, 3.63) is 11.8 Å². The van der Waals surface area contributed by atoms with Crippen molar-refractivity contribution in [3.8, 4) is 0 Å². The maximum atomic E-state index is 5.61. The summed E-state index contributed by atoms with van der Waals surface area (Å²) in [5, 5.41) is 3.30. The highest BCUT2D eigenvalue weighted by Crippen LogP contribution is 2.17. The highest BCUT2D eigenvalue weighted by molar-refractivity contribution is 5.45. The lowest BCUT2D eigenvalue weighted by molar-refractivity contribution is 0.120. The zero-order valence-electron chi connectivity index (χ0n) is 12.0. The van der Waals surface area contributed by atoms with E-state index in [1.54, 1.807) is 0 Å². The van der Waals surface area contributed by atoms with E-state index >= 15 is 0 Å². The molecule has 1 N–H and O–H groups in total. The summed E-state index contributed by atoms with van der Waals surface area (Å²) in [5.41, 5.74) is 0.983. The number of hydrogen-bond acceptors (Lipinski definition) is 6. The normalized spacial score (nSPS) is 23.1. The average molecular weight is 278 g/mol. The Morgan fingerprint density at radius 1 is 1.30 bits per heavy atom. The maximum Gasteiger partial charge on any atom is 0.224 e. The third-order valence-electron chi connectivity index (χ3n) is 3.69. The fourth-order valence-electron chi connectivity index (χ4n) is 2.60. The van der Waals surface area contributed by atoms with Crippen LogP contribution >= 0.6 is 0 Å². The molecule has 0 amide bonds. The summed E-state index contributed by atoms with van der Waals surface area (Å²) in [5.74, 6) is 1.68. The molecule has 110 valence electrons. The van der Waals surface area contributed by atoms with Gasteiger partial charge in [-0.3, -0.25) is 0 Å². The van der Waals surface area contributed by atoms with Gasteiger partial charge in [0.1, 0.15) is 5.82 Å². The highest BCUT2D eigenvalue weighted by atomic mass is 16.5. The summed E-state index contributed by atoms with van der Waals surface area (Å²) in [6.07, 6.45) is 2.57. The number of rotatable bonds is 4. The molecule has 3 heterocycles. The molecule has 0 aliphatic carbocycles. The Labute approximate surface area is 119 Å². The SMILES string of the molecule is Cc1cc(N2CCOCC2)nc(NCC2CCCO2)n1. The quantitative estimate of drug-likeness (QED) is 0.893. The minimum Gasteiger partial charge on any atom is -0.378 e. The second-order valence-electron chi connectivity index (χ2n) is 5.31. The van der Waals surface area contributed by atoms with Gasteiger partial charge in [-0.2, -0.15) is 4.98 Å². The molecule has 1 atom stereocenters. The number of nitrogens with zero attached hydrogens (tertiary/aromatic N) is 3. The first-order valence-corrected chi connectivity index (χ1v) is 7.35. The van der Waals surface area contributed by atoms with Crippen LogP contribution in [0.4, 0.5) is 11.8 Å². The molecule has 2 aliphatic rings. The van der Waals surface area contributed by atoms with Gasteiger partial charge in [0, 0.05) is 38.0 Å². The fourth-order valence-corrected chi connectivity index (χ4v) is 2.60. The Balaban J connectivity index is 1.65. The molecule has 3 rings (SSSR count). The molecule has 2 saturated heterocycles. The molecule has 0 saturated carbocycles. The fraction of sp³-hybridized carbons (Fsp3) is 0.714. The summed E-state index contributed by atoms with van der Waals surface area (Å²) in [6.45, 7) is 6.97. The van der Waals surface area contributed by atoms with Gasteiger partial charge in [0.25, 0.3) is 0 Å². The van der Waals surface area contributed by atoms with Crippen molar-refractivity contribution in [2.45, 2.75) is 25.9 Å². The summed E-state index contributed by atoms with van der Waals surface area (Å²) >= 11 is 0. The standard InChI is InChI=1S/C14H22N4O2/c1-11-9-13(18-4-7-19-8-5-18)17-14(16-11)15-10-12-3-2-6-20-12/h9,12H,2-8,10H2,1H3,(H,15,16,17). The van der Waals surface area contributed by atoms with E-state index in [0.717, 1.165) is 63.8 Å². The van der Waals surface area contributed by atoms with Crippen molar-refractivity contribution >= 4 is 11.8 Å². The van der Waals surface area contributed by atoms with Crippen LogP contribution in [0.15, 0.2) is 6.07 Å². The van der Waals surface area contributed by atoms with Gasteiger partial charge in [-0.1, -0.05) is 0 Å². The molecule has 0 aromatic carbocycles. The molecule has 1 unspecified atom stereocenters. The van der Waals surface area contributed by atoms with Crippen LogP contribution < -0.4 is 10.2 Å². The molecule has 0 radical (unpaired) electrons. The van der Waals surface area contributed by atoms with Crippen molar-refractivity contribution in [2.24, 2.45) is 0 Å². The lowest BCUT2D eigenvalue weighted by atomic mass is 10.2. The number of hydrogen-bond donors (Lipinski definition) is 1. The van der Waals surface area contributed by atoms with Gasteiger partial charge in [0.15, 0.2) is 0 Å². The molecule has 1 aromatic rings. The van der Waals surface area contributed by atoms with Gasteiger partial charge in [0.05, 0.1) is 19.3 Å². The van der Waals surface area contributed by atoms with Crippen molar-refractivity contribution < 1.29 is 9.47 Å². The predicted octanol–water partition coefficient (Wildman–Crippen LogP) is 1.21. The Bertz CT molecular complexity index is 443. The Morgan fingerprint density at radius 3 is 2.90 bits per heavy atom. The number of nitrogens with one attached hydrogen (secondary N) is 1. The molecular weight excluding hydrogens is 256 g/mol. The number of ether oxygens (including phenoxy) is 2. The molecule has 20 heavy (non-hydrogen) atoms. The third kappa shape index (κ3) is 3.37. The number of aryl methyl sites for hydroxylation is 1. The smallest absolute Gasteiger partial charge is 0.224 e. The van der Waals surface area contributed by atoms with Gasteiger partial charge < -0.3 is 19.7 Å². The van der Waals surface area contributed by atoms with Crippen LogP contribution in [-0.2, 0) is 9.47 Å². The summed E-state index contributed by atoms with van der Waals surface area (Å²) in [6, 6.07) is 2.03. The van der Waals surface area contributed by atoms with Crippen molar-refractivity contribution in [1.82, 2.24) is 9.97 Å². The topological polar surface area (TPSA) is 59.5 Å². The van der Waals surface area contributed by atoms with E-state index in [9.17, 15) is 0 Å². The van der Waals surface area contributed by atoms with Crippen LogP contribution in [-0.4, -0.2) is 55.5 Å². The minimum atomic E-state index is 0.297. The summed E-state index contributed by atoms with van der Waals surface area (Å²) in [4.78, 5) is 11.3. The van der Waals surface area contributed by atoms with E-state index < -0.39 is 0 Å². The molecule has 0 spiro atoms. The van der Waals surface area contributed by atoms with Gasteiger partial charge in [0.2, 0.25) is 5.95 Å². The molecule has 6 heteroatoms. The van der Waals surface area contributed by atoms with Crippen LogP contribution in [0.25, 0.3) is 0 Å². The van der Waals surface area contributed by atoms with Gasteiger partial charge in [-0.15, -0.1) is 0 Å². The molecule has 6 nitrogen and oxygen atoms in total. The van der Waals surface area contributed by atoms with Crippen LogP contribution in [0.1, 0.15) is 18.5 Å². The molecule has 2 fully saturated rings. The van der Waals surface area contributed by atoms with Crippen molar-refractivity contribution in [1.29, 1.82) is 0 Å². The van der Waals surface area contributed by atoms with E-state index in [1.807, 2.05) is 13.0 Å². The van der Waals surface area contributed by atoms with Crippen molar-refractivity contribution in [2.75, 3.05) is 49.7 Å². The first-order valence-electron chi connectivity index (χ1n) is 7.35. The number of morpholine rings is 1. The first-order chi connectivity index (χ1) is 9.81. The van der Waals surface area contributed by atoms with E-state index in [-0.39, 0.29) is 0 Å². The molecular formula is C14H22N4O2. The Hall–Kier alpha value is -1.40. The van der Waals surface area contributed by atoms with Crippen LogP contribution in [0.3, 0.4) is 0 Å². The third-order valence-corrected chi connectivity index (χ3v) is 3.69. The van der Waals surface area contributed by atoms with Gasteiger partial charge >= 0.3 is 0 Å². The van der Waals surface area contributed by atoms with Gasteiger partial charge in [-0.05, 0) is 19.8 Å². The number of anilines is 2. The Morgan fingerprint density at radius 2 is 2.15 bits per heavy atom. The lowest BCUT2D eigenvalue weighted by Gasteiger charge is -2.28. The second-order valence-corrected chi connectivity index (χ2v) is 5.31. The summed E-state index contributed by atoms with van der Waals surface area (Å²) < 4.78 is 11.0. The maximum absolute atomic E-state index is 5.61. The molecule has 0 bridgehead atoms. The van der Waals surface area contributed by atoms with E-state index in [1.165, 1.54) is 0 Å². The van der Waals surface area contributed by atoms with Gasteiger partial charge in [-0.25, -0.2) is 4.98 Å². The largest absolute Gasteiger partial charge is 0.378 e. The Kier molecular flexibility index (Phi) is 4.32. The van der Waals surface area contributed by atoms with Crippen LogP contribution in [0, 0.1) is 6.92 Å². The highest BCUT2D eigenvalue weighted by Gasteiger charge is 2.17. The predicted molar refractivity (Wildman–Crippen MR) is 77.3 cm³/mol. The van der Waals surface area contributed by atoms with E-state index in [2.05, 4.69) is 20.2 Å². The zero-order chi connectivity index (χ0) is 13.8. The first kappa shape index (κ1) is 13.6. The second kappa shape index (κ2) is 6.37. The molecule has 1 aromatic heterocycles. The van der Waals surface area contributed by atoms with Crippen LogP contribution in [0.5, 0.6) is 0 Å². The molecule has 2 aliphatic heterocycles. The van der Waals surface area contributed by atoms with E-state index in [4.69, 9.17) is 9.47 Å². The summed E-state index contributed by atoms with van der Waals surface area (Å²) in [7, 11) is 0. The van der Waals surface area contributed by atoms with Crippen molar-refractivity contribution in [3.63, 3.8) is 0 Å². The minimum absolute atomic E-state index is 0.297.